The number of carbonyl (C=O) groups excluding carboxylic acids is 2. The lowest BCUT2D eigenvalue weighted by Crippen LogP contribution is -2.23. The molecule has 0 saturated carbocycles. The molecule has 0 fully saturated rings. The molecule has 8 nitrogen and oxygen atoms in total. The van der Waals surface area contributed by atoms with Crippen molar-refractivity contribution in [3.63, 3.8) is 0 Å². The third-order valence-corrected chi connectivity index (χ3v) is 6.29. The van der Waals surface area contributed by atoms with Gasteiger partial charge in [-0.05, 0) is 37.3 Å². The number of nitrogens with one attached hydrogen (secondary N) is 3. The van der Waals surface area contributed by atoms with Crippen LogP contribution in [0.5, 0.6) is 5.75 Å². The molecule has 3 N–H and O–H groups in total. The first kappa shape index (κ1) is 30.3. The normalized spacial score (nSPS) is 11.1. The highest BCUT2D eigenvalue weighted by Crippen LogP contribution is 2.32. The Morgan fingerprint density at radius 1 is 1.10 bits per heavy atom. The maximum Gasteiger partial charge on any atom is 0.272 e. The Balaban J connectivity index is 1.70. The monoisotopic (exact) mass is 607 g/mol. The van der Waals surface area contributed by atoms with E-state index in [-0.39, 0.29) is 56.7 Å². The van der Waals surface area contributed by atoms with Gasteiger partial charge in [0, 0.05) is 36.5 Å². The van der Waals surface area contributed by atoms with Crippen molar-refractivity contribution in [2.75, 3.05) is 17.2 Å². The number of hydrogen-bond acceptors (Lipinski definition) is 5. The van der Waals surface area contributed by atoms with E-state index in [1.807, 2.05) is 0 Å². The lowest BCUT2D eigenvalue weighted by molar-refractivity contribution is -0.117. The lowest BCUT2D eigenvalue weighted by atomic mass is 10.1. The zero-order chi connectivity index (χ0) is 30.7. The summed E-state index contributed by atoms with van der Waals surface area (Å²) in [6.45, 7) is 3.71. The van der Waals surface area contributed by atoms with Crippen molar-refractivity contribution in [3.05, 3.63) is 88.2 Å². The van der Waals surface area contributed by atoms with E-state index in [1.54, 1.807) is 0 Å². The average Bonchev–Trinajstić information content (AvgIpc) is 3.24. The number of carbonyl (C=O) groups is 2. The van der Waals surface area contributed by atoms with Gasteiger partial charge in [-0.25, -0.2) is 26.9 Å². The number of halogens is 6. The molecular formula is C28H23ClF5N5O3. The molecule has 2 amide bonds. The highest BCUT2D eigenvalue weighted by molar-refractivity contribution is 6.31. The first-order chi connectivity index (χ1) is 19.8. The highest BCUT2D eigenvalue weighted by Gasteiger charge is 2.22. The molecule has 4 aromatic rings. The number of aryl methyl sites for hydroxylation is 1. The van der Waals surface area contributed by atoms with Gasteiger partial charge >= 0.3 is 0 Å². The number of ether oxygens (including phenoxy) is 1. The minimum atomic E-state index is -2.85. The number of rotatable bonds is 10. The van der Waals surface area contributed by atoms with Crippen LogP contribution in [-0.4, -0.2) is 34.4 Å². The summed E-state index contributed by atoms with van der Waals surface area (Å²) in [6.07, 6.45) is -2.85. The summed E-state index contributed by atoms with van der Waals surface area (Å²) in [5.74, 6) is -4.23. The maximum absolute atomic E-state index is 15.2. The summed E-state index contributed by atoms with van der Waals surface area (Å²) in [5, 5.41) is 7.28. The highest BCUT2D eigenvalue weighted by atomic mass is 35.5. The van der Waals surface area contributed by atoms with Gasteiger partial charge in [0.2, 0.25) is 11.9 Å². The Kier molecular flexibility index (Phi) is 9.00. The Morgan fingerprint density at radius 2 is 1.81 bits per heavy atom. The van der Waals surface area contributed by atoms with Crippen LogP contribution in [0.3, 0.4) is 0 Å². The topological polar surface area (TPSA) is 97.3 Å². The standard InChI is InChI=1S/C28H23ClF5N5O3/c1-13(2)26(40)35-11-14-4-6-19(31)25(24(14)34)38-28-37-20-9-16(22(42-12-23(32)33)10-21(20)39(28)3)27(41)36-15-5-7-18(30)17(29)8-15/h4-10,23H,1,11-12H2,2-3H3,(H,35,40)(H,36,41)(H,37,38). The summed E-state index contributed by atoms with van der Waals surface area (Å²) in [4.78, 5) is 29.2. The minimum Gasteiger partial charge on any atom is -0.487 e. The molecule has 4 rings (SSSR count). The lowest BCUT2D eigenvalue weighted by Gasteiger charge is -2.13. The van der Waals surface area contributed by atoms with Crippen molar-refractivity contribution in [2.24, 2.45) is 7.05 Å². The molecule has 0 aliphatic rings. The second-order valence-corrected chi connectivity index (χ2v) is 9.51. The largest absolute Gasteiger partial charge is 0.487 e. The summed E-state index contributed by atoms with van der Waals surface area (Å²) in [5.41, 5.74) is -0.0142. The Bertz CT molecular complexity index is 1710. The second-order valence-electron chi connectivity index (χ2n) is 9.10. The number of benzene rings is 3. The van der Waals surface area contributed by atoms with E-state index in [2.05, 4.69) is 27.5 Å². The molecule has 1 heterocycles. The van der Waals surface area contributed by atoms with Crippen LogP contribution in [-0.2, 0) is 18.4 Å². The quantitative estimate of drug-likeness (QED) is 0.142. The second kappa shape index (κ2) is 12.5. The molecule has 0 unspecified atom stereocenters. The molecule has 220 valence electrons. The van der Waals surface area contributed by atoms with Crippen molar-refractivity contribution >= 4 is 51.8 Å². The summed E-state index contributed by atoms with van der Waals surface area (Å²) in [7, 11) is 1.49. The van der Waals surface area contributed by atoms with E-state index in [0.717, 1.165) is 18.2 Å². The average molecular weight is 608 g/mol. The van der Waals surface area contributed by atoms with Crippen molar-refractivity contribution in [1.29, 1.82) is 0 Å². The first-order valence-corrected chi connectivity index (χ1v) is 12.6. The fourth-order valence-electron chi connectivity index (χ4n) is 3.84. The van der Waals surface area contributed by atoms with Crippen molar-refractivity contribution in [2.45, 2.75) is 19.9 Å². The van der Waals surface area contributed by atoms with Gasteiger partial charge in [0.25, 0.3) is 12.3 Å². The number of alkyl halides is 2. The van der Waals surface area contributed by atoms with Gasteiger partial charge in [-0.1, -0.05) is 24.2 Å². The summed E-state index contributed by atoms with van der Waals surface area (Å²) >= 11 is 5.77. The number of fused-ring (bicyclic) bond motifs is 1. The molecule has 0 bridgehead atoms. The van der Waals surface area contributed by atoms with Crippen LogP contribution in [0.15, 0.2) is 54.6 Å². The first-order valence-electron chi connectivity index (χ1n) is 12.2. The fraction of sp³-hybridized carbons (Fsp3) is 0.179. The Labute approximate surface area is 241 Å². The zero-order valence-electron chi connectivity index (χ0n) is 22.1. The molecule has 0 aliphatic heterocycles. The van der Waals surface area contributed by atoms with Gasteiger partial charge in [0.15, 0.2) is 5.82 Å². The van der Waals surface area contributed by atoms with Crippen LogP contribution < -0.4 is 20.7 Å². The van der Waals surface area contributed by atoms with E-state index < -0.39 is 48.0 Å². The zero-order valence-corrected chi connectivity index (χ0v) is 22.9. The van der Waals surface area contributed by atoms with E-state index in [9.17, 15) is 27.2 Å². The van der Waals surface area contributed by atoms with Gasteiger partial charge < -0.3 is 25.3 Å². The minimum absolute atomic E-state index is 0.0187. The molecular weight excluding hydrogens is 585 g/mol. The third-order valence-electron chi connectivity index (χ3n) is 6.00. The number of hydrogen-bond donors (Lipinski definition) is 3. The van der Waals surface area contributed by atoms with Crippen molar-refractivity contribution in [3.8, 4) is 5.75 Å². The van der Waals surface area contributed by atoms with Gasteiger partial charge in [-0.15, -0.1) is 0 Å². The van der Waals surface area contributed by atoms with E-state index in [1.165, 1.54) is 42.8 Å². The molecule has 0 spiro atoms. The van der Waals surface area contributed by atoms with E-state index in [4.69, 9.17) is 16.3 Å². The predicted octanol–water partition coefficient (Wildman–Crippen LogP) is 6.48. The van der Waals surface area contributed by atoms with Crippen LogP contribution in [0.2, 0.25) is 5.02 Å². The maximum atomic E-state index is 15.2. The van der Waals surface area contributed by atoms with Gasteiger partial charge in [-0.2, -0.15) is 0 Å². The molecule has 0 aliphatic carbocycles. The summed E-state index contributed by atoms with van der Waals surface area (Å²) in [6, 6.07) is 8.16. The Morgan fingerprint density at radius 3 is 2.48 bits per heavy atom. The number of nitrogens with zero attached hydrogens (tertiary/aromatic N) is 2. The van der Waals surface area contributed by atoms with E-state index >= 15 is 4.39 Å². The number of amides is 2. The fourth-order valence-corrected chi connectivity index (χ4v) is 4.02. The summed E-state index contributed by atoms with van der Waals surface area (Å²) < 4.78 is 75.9. The SMILES string of the molecule is C=C(C)C(=O)NCc1ccc(F)c(Nc2nc3cc(C(=O)Nc4ccc(F)c(Cl)c4)c(OCC(F)F)cc3n2C)c1F. The third kappa shape index (κ3) is 6.62. The van der Waals surface area contributed by atoms with Gasteiger partial charge in [0.05, 0.1) is 21.6 Å². The van der Waals surface area contributed by atoms with Crippen LogP contribution >= 0.6 is 11.6 Å². The van der Waals surface area contributed by atoms with Crippen LogP contribution in [0, 0.1) is 17.5 Å². The number of anilines is 3. The smallest absolute Gasteiger partial charge is 0.272 e. The van der Waals surface area contributed by atoms with Crippen LogP contribution in [0.4, 0.5) is 39.3 Å². The molecule has 1 aromatic heterocycles. The molecule has 3 aromatic carbocycles. The molecule has 14 heteroatoms. The van der Waals surface area contributed by atoms with Crippen LogP contribution in [0.1, 0.15) is 22.8 Å². The Hall–Kier alpha value is -4.65. The van der Waals surface area contributed by atoms with E-state index in [0.29, 0.717) is 0 Å². The molecule has 0 saturated heterocycles. The number of aromatic nitrogens is 2. The van der Waals surface area contributed by atoms with Crippen molar-refractivity contribution in [1.82, 2.24) is 14.9 Å². The molecule has 42 heavy (non-hydrogen) atoms. The molecule has 0 atom stereocenters. The van der Waals surface area contributed by atoms with Gasteiger partial charge in [0.1, 0.15) is 29.7 Å². The molecule has 0 radical (unpaired) electrons. The number of imidazole rings is 1. The van der Waals surface area contributed by atoms with Crippen LogP contribution in [0.25, 0.3) is 11.0 Å². The van der Waals surface area contributed by atoms with Gasteiger partial charge in [-0.3, -0.25) is 9.59 Å². The van der Waals surface area contributed by atoms with Crippen molar-refractivity contribution < 1.29 is 36.3 Å². The predicted molar refractivity (Wildman–Crippen MR) is 148 cm³/mol.